The van der Waals surface area contributed by atoms with Crippen LogP contribution in [0.1, 0.15) is 0 Å². The number of nitrogen functional groups attached to an aromatic ring is 1. The number of benzene rings is 1. The van der Waals surface area contributed by atoms with Gasteiger partial charge in [0.2, 0.25) is 5.95 Å². The van der Waals surface area contributed by atoms with Gasteiger partial charge in [0.1, 0.15) is 0 Å². The van der Waals surface area contributed by atoms with Crippen LogP contribution in [0.2, 0.25) is 0 Å². The maximum absolute atomic E-state index is 13.8. The van der Waals surface area contributed by atoms with Crippen molar-refractivity contribution in [2.24, 2.45) is 0 Å². The molecule has 3 aromatic rings. The second-order valence-electron chi connectivity index (χ2n) is 4.06. The first kappa shape index (κ1) is 14.5. The van der Waals surface area contributed by atoms with E-state index in [0.717, 1.165) is 4.52 Å². The molecule has 0 aliphatic rings. The Bertz CT molecular complexity index is 896. The Balaban J connectivity index is 2.25. The maximum Gasteiger partial charge on any atom is 0.258 e. The number of hydrogen-bond acceptors (Lipinski definition) is 6. The highest BCUT2D eigenvalue weighted by Crippen LogP contribution is 2.26. The smallest absolute Gasteiger partial charge is 0.258 e. The van der Waals surface area contributed by atoms with Gasteiger partial charge in [0, 0.05) is 0 Å². The van der Waals surface area contributed by atoms with Gasteiger partial charge in [-0.1, -0.05) is 11.8 Å². The lowest BCUT2D eigenvalue weighted by molar-refractivity contribution is 0.410. The summed E-state index contributed by atoms with van der Waals surface area (Å²) in [4.78, 5) is 11.7. The molecule has 2 N–H and O–H groups in total. The normalized spacial score (nSPS) is 11.3. The van der Waals surface area contributed by atoms with E-state index in [0.29, 0.717) is 11.2 Å². The number of fused-ring (bicyclic) bond motifs is 1. The monoisotopic (exact) mass is 330 g/mol. The molecule has 0 amide bonds. The SMILES string of the molecule is CSc1nc(N)n2nc(-c3cc(F)c(F)c(F)c3F)nc2n1. The third kappa shape index (κ3) is 2.13. The summed E-state index contributed by atoms with van der Waals surface area (Å²) in [5.41, 5.74) is 4.99. The predicted octanol–water partition coefficient (Wildman–Crippen LogP) is 2.05. The zero-order valence-corrected chi connectivity index (χ0v) is 11.6. The number of aromatic nitrogens is 5. The van der Waals surface area contributed by atoms with Gasteiger partial charge in [0.15, 0.2) is 34.2 Å². The minimum Gasteiger partial charge on any atom is -0.368 e. The molecule has 1 aromatic carbocycles. The Morgan fingerprint density at radius 2 is 1.77 bits per heavy atom. The summed E-state index contributed by atoms with van der Waals surface area (Å²) in [5.74, 6) is -7.53. The number of hydrogen-bond donors (Lipinski definition) is 1. The Labute approximate surface area is 124 Å². The largest absolute Gasteiger partial charge is 0.368 e. The molecule has 0 aliphatic heterocycles. The highest BCUT2D eigenvalue weighted by Gasteiger charge is 2.23. The molecule has 0 saturated carbocycles. The van der Waals surface area contributed by atoms with Crippen molar-refractivity contribution in [3.05, 3.63) is 29.3 Å². The van der Waals surface area contributed by atoms with E-state index in [4.69, 9.17) is 5.73 Å². The number of nitrogens with zero attached hydrogens (tertiary/aromatic N) is 5. The summed E-state index contributed by atoms with van der Waals surface area (Å²) < 4.78 is 54.3. The molecule has 0 aliphatic carbocycles. The van der Waals surface area contributed by atoms with E-state index in [1.807, 2.05) is 0 Å². The molecule has 2 aromatic heterocycles. The van der Waals surface area contributed by atoms with E-state index >= 15 is 0 Å². The van der Waals surface area contributed by atoms with Crippen LogP contribution in [-0.4, -0.2) is 30.8 Å². The maximum atomic E-state index is 13.8. The van der Waals surface area contributed by atoms with Crippen LogP contribution >= 0.6 is 11.8 Å². The van der Waals surface area contributed by atoms with Crippen LogP contribution in [0.5, 0.6) is 0 Å². The first-order valence-electron chi connectivity index (χ1n) is 5.70. The molecule has 0 unspecified atom stereocenters. The van der Waals surface area contributed by atoms with Crippen molar-refractivity contribution in [2.45, 2.75) is 5.16 Å². The van der Waals surface area contributed by atoms with Gasteiger partial charge in [-0.05, 0) is 12.3 Å². The molecule has 0 radical (unpaired) electrons. The first-order chi connectivity index (χ1) is 10.4. The fraction of sp³-hybridized carbons (Fsp3) is 0.0909. The Morgan fingerprint density at radius 1 is 1.05 bits per heavy atom. The molecule has 0 fully saturated rings. The molecule has 6 nitrogen and oxygen atoms in total. The lowest BCUT2D eigenvalue weighted by atomic mass is 10.2. The van der Waals surface area contributed by atoms with Gasteiger partial charge in [-0.3, -0.25) is 0 Å². The van der Waals surface area contributed by atoms with Gasteiger partial charge in [-0.2, -0.15) is 19.5 Å². The van der Waals surface area contributed by atoms with Crippen LogP contribution in [0.25, 0.3) is 17.2 Å². The molecule has 11 heteroatoms. The molecule has 0 atom stereocenters. The van der Waals surface area contributed by atoms with Crippen molar-refractivity contribution in [3.8, 4) is 11.4 Å². The number of nitrogens with two attached hydrogens (primary N) is 1. The Morgan fingerprint density at radius 3 is 2.45 bits per heavy atom. The van der Waals surface area contributed by atoms with Crippen molar-refractivity contribution < 1.29 is 17.6 Å². The highest BCUT2D eigenvalue weighted by atomic mass is 32.2. The zero-order chi connectivity index (χ0) is 16.0. The minimum absolute atomic E-state index is 0.0311. The average Bonchev–Trinajstić information content (AvgIpc) is 2.93. The van der Waals surface area contributed by atoms with Gasteiger partial charge in [0.25, 0.3) is 5.78 Å². The summed E-state index contributed by atoms with van der Waals surface area (Å²) in [5, 5.41) is 4.07. The molecular formula is C11H6F4N6S. The topological polar surface area (TPSA) is 82.0 Å². The van der Waals surface area contributed by atoms with E-state index in [-0.39, 0.29) is 11.7 Å². The summed E-state index contributed by atoms with van der Waals surface area (Å²) >= 11 is 1.19. The Hall–Kier alpha value is -2.43. The number of rotatable bonds is 2. The number of anilines is 1. The van der Waals surface area contributed by atoms with Crippen molar-refractivity contribution in [1.29, 1.82) is 0 Å². The molecule has 0 spiro atoms. The van der Waals surface area contributed by atoms with Crippen LogP contribution < -0.4 is 5.73 Å². The summed E-state index contributed by atoms with van der Waals surface area (Å²) in [7, 11) is 0. The fourth-order valence-electron chi connectivity index (χ4n) is 1.73. The van der Waals surface area contributed by atoms with Gasteiger partial charge in [0.05, 0.1) is 5.56 Å². The van der Waals surface area contributed by atoms with E-state index in [2.05, 4.69) is 20.1 Å². The summed E-state index contributed by atoms with van der Waals surface area (Å²) in [6.07, 6.45) is 1.70. The van der Waals surface area contributed by atoms with Crippen molar-refractivity contribution in [2.75, 3.05) is 12.0 Å². The molecular weight excluding hydrogens is 324 g/mol. The summed E-state index contributed by atoms with van der Waals surface area (Å²) in [6.45, 7) is 0. The van der Waals surface area contributed by atoms with Gasteiger partial charge < -0.3 is 5.73 Å². The molecule has 3 rings (SSSR count). The number of thioether (sulfide) groups is 1. The minimum atomic E-state index is -1.95. The third-order valence-electron chi connectivity index (χ3n) is 2.74. The second kappa shape index (κ2) is 5.09. The second-order valence-corrected chi connectivity index (χ2v) is 4.84. The first-order valence-corrected chi connectivity index (χ1v) is 6.92. The fourth-order valence-corrected chi connectivity index (χ4v) is 2.08. The van der Waals surface area contributed by atoms with Crippen LogP contribution in [0, 0.1) is 23.3 Å². The van der Waals surface area contributed by atoms with Gasteiger partial charge in [-0.15, -0.1) is 5.10 Å². The van der Waals surface area contributed by atoms with Crippen LogP contribution in [0.3, 0.4) is 0 Å². The van der Waals surface area contributed by atoms with Gasteiger partial charge in [-0.25, -0.2) is 17.6 Å². The van der Waals surface area contributed by atoms with Crippen molar-refractivity contribution >= 4 is 23.5 Å². The van der Waals surface area contributed by atoms with E-state index < -0.39 is 34.7 Å². The predicted molar refractivity (Wildman–Crippen MR) is 70.0 cm³/mol. The van der Waals surface area contributed by atoms with E-state index in [1.165, 1.54) is 11.8 Å². The molecule has 2 heterocycles. The van der Waals surface area contributed by atoms with E-state index in [1.54, 1.807) is 6.26 Å². The average molecular weight is 330 g/mol. The number of halogens is 4. The van der Waals surface area contributed by atoms with Crippen molar-refractivity contribution in [3.63, 3.8) is 0 Å². The van der Waals surface area contributed by atoms with E-state index in [9.17, 15) is 17.6 Å². The lowest BCUT2D eigenvalue weighted by Crippen LogP contribution is -2.05. The quantitative estimate of drug-likeness (QED) is 0.335. The Kier molecular flexibility index (Phi) is 3.35. The zero-order valence-electron chi connectivity index (χ0n) is 10.8. The standard InChI is InChI=1S/C11H6F4N6S/c1-22-11-18-9(16)21-10(19-11)17-8(20-21)3-2-4(12)6(14)7(15)5(3)13/h2H,1H3,(H2,16,17,18,19,20). The van der Waals surface area contributed by atoms with Crippen molar-refractivity contribution in [1.82, 2.24) is 24.6 Å². The lowest BCUT2D eigenvalue weighted by Gasteiger charge is -2.01. The van der Waals surface area contributed by atoms with Crippen LogP contribution in [0.4, 0.5) is 23.5 Å². The molecule has 22 heavy (non-hydrogen) atoms. The van der Waals surface area contributed by atoms with Gasteiger partial charge >= 0.3 is 0 Å². The molecule has 0 saturated heterocycles. The summed E-state index contributed by atoms with van der Waals surface area (Å²) in [6, 6.07) is 0.460. The highest BCUT2D eigenvalue weighted by molar-refractivity contribution is 7.98. The van der Waals surface area contributed by atoms with Crippen LogP contribution in [0.15, 0.2) is 11.2 Å². The third-order valence-corrected chi connectivity index (χ3v) is 3.29. The molecule has 0 bridgehead atoms. The van der Waals surface area contributed by atoms with Crippen LogP contribution in [-0.2, 0) is 0 Å². The molecule has 114 valence electrons.